The molecule has 19 heavy (non-hydrogen) atoms. The Kier molecular flexibility index (Phi) is 7.00. The van der Waals surface area contributed by atoms with Gasteiger partial charge in [0.2, 0.25) is 5.91 Å². The second-order valence-electron chi connectivity index (χ2n) is 5.63. The Labute approximate surface area is 119 Å². The van der Waals surface area contributed by atoms with Gasteiger partial charge in [-0.25, -0.2) is 0 Å². The molecule has 0 aromatic carbocycles. The summed E-state index contributed by atoms with van der Waals surface area (Å²) in [5.74, 6) is 0.199. The molecule has 1 aliphatic rings. The Hall–Kier alpha value is -0.420. The molecule has 0 spiro atoms. The zero-order valence-electron chi connectivity index (χ0n) is 12.5. The first kappa shape index (κ1) is 16.6. The summed E-state index contributed by atoms with van der Waals surface area (Å²) in [6.45, 7) is 6.61. The number of hydrogen-bond donors (Lipinski definition) is 2. The number of carbonyl (C=O) groups excluding carboxylic acids is 1. The van der Waals surface area contributed by atoms with E-state index in [1.165, 1.54) is 0 Å². The van der Waals surface area contributed by atoms with Crippen LogP contribution in [0.25, 0.3) is 0 Å². The van der Waals surface area contributed by atoms with E-state index < -0.39 is 10.8 Å². The van der Waals surface area contributed by atoms with Gasteiger partial charge in [-0.1, -0.05) is 20.3 Å². The molecule has 0 aromatic rings. The maximum absolute atomic E-state index is 12.4. The third-order valence-corrected chi connectivity index (χ3v) is 5.54. The van der Waals surface area contributed by atoms with E-state index in [-0.39, 0.29) is 16.6 Å². The lowest BCUT2D eigenvalue weighted by Crippen LogP contribution is -2.48. The van der Waals surface area contributed by atoms with Crippen molar-refractivity contribution in [1.29, 1.82) is 0 Å². The number of hydrogen-bond acceptors (Lipinski definition) is 3. The van der Waals surface area contributed by atoms with Gasteiger partial charge in [-0.05, 0) is 38.8 Å². The lowest BCUT2D eigenvalue weighted by molar-refractivity contribution is -0.133. The van der Waals surface area contributed by atoms with Crippen LogP contribution in [-0.2, 0) is 15.6 Å². The lowest BCUT2D eigenvalue weighted by atomic mass is 9.74. The standard InChI is InChI=1S/C14H28N2O2S/c1-4-6-14(7-10-15-11-8-14)13(17)16-9-5-12(2)19(3)18/h12,15H,4-11H2,1-3H3,(H,16,17). The highest BCUT2D eigenvalue weighted by molar-refractivity contribution is 7.84. The number of carbonyl (C=O) groups is 1. The third kappa shape index (κ3) is 4.88. The van der Waals surface area contributed by atoms with Crippen LogP contribution in [0.1, 0.15) is 46.0 Å². The SMILES string of the molecule is CCCC1(C(=O)NCCC(C)S(C)=O)CCNCC1. The van der Waals surface area contributed by atoms with Gasteiger partial charge in [0.25, 0.3) is 0 Å². The van der Waals surface area contributed by atoms with Crippen molar-refractivity contribution in [3.8, 4) is 0 Å². The van der Waals surface area contributed by atoms with Gasteiger partial charge in [-0.3, -0.25) is 9.00 Å². The van der Waals surface area contributed by atoms with E-state index >= 15 is 0 Å². The van der Waals surface area contributed by atoms with Crippen molar-refractivity contribution in [3.05, 3.63) is 0 Å². The second kappa shape index (κ2) is 8.00. The van der Waals surface area contributed by atoms with Crippen LogP contribution in [0.15, 0.2) is 0 Å². The molecule has 5 heteroatoms. The molecular weight excluding hydrogens is 260 g/mol. The summed E-state index contributed by atoms with van der Waals surface area (Å²) >= 11 is 0. The molecule has 1 saturated heterocycles. The summed E-state index contributed by atoms with van der Waals surface area (Å²) in [5.41, 5.74) is -0.172. The average Bonchev–Trinajstić information content (AvgIpc) is 2.39. The molecule has 112 valence electrons. The average molecular weight is 288 g/mol. The minimum absolute atomic E-state index is 0.149. The summed E-state index contributed by atoms with van der Waals surface area (Å²) in [5, 5.41) is 6.53. The van der Waals surface area contributed by atoms with Crippen LogP contribution in [0.4, 0.5) is 0 Å². The first-order valence-corrected chi connectivity index (χ1v) is 8.95. The highest BCUT2D eigenvalue weighted by Gasteiger charge is 2.38. The summed E-state index contributed by atoms with van der Waals surface area (Å²) in [6.07, 6.45) is 6.38. The van der Waals surface area contributed by atoms with Crippen LogP contribution < -0.4 is 10.6 Å². The van der Waals surface area contributed by atoms with Gasteiger partial charge in [0.15, 0.2) is 0 Å². The maximum atomic E-state index is 12.4. The fraction of sp³-hybridized carbons (Fsp3) is 0.929. The molecule has 0 aliphatic carbocycles. The highest BCUT2D eigenvalue weighted by Crippen LogP contribution is 2.34. The molecule has 2 atom stereocenters. The maximum Gasteiger partial charge on any atom is 0.226 e. The summed E-state index contributed by atoms with van der Waals surface area (Å²) < 4.78 is 11.3. The number of nitrogens with one attached hydrogen (secondary N) is 2. The Morgan fingerprint density at radius 2 is 2.05 bits per heavy atom. The molecule has 1 aliphatic heterocycles. The van der Waals surface area contributed by atoms with E-state index in [1.807, 2.05) is 6.92 Å². The van der Waals surface area contributed by atoms with Gasteiger partial charge in [-0.15, -0.1) is 0 Å². The van der Waals surface area contributed by atoms with E-state index in [4.69, 9.17) is 0 Å². The van der Waals surface area contributed by atoms with Crippen LogP contribution in [-0.4, -0.2) is 41.3 Å². The second-order valence-corrected chi connectivity index (χ2v) is 7.44. The van der Waals surface area contributed by atoms with E-state index in [1.54, 1.807) is 6.26 Å². The van der Waals surface area contributed by atoms with Gasteiger partial charge in [0, 0.05) is 28.9 Å². The quantitative estimate of drug-likeness (QED) is 0.745. The topological polar surface area (TPSA) is 58.2 Å². The van der Waals surface area contributed by atoms with Crippen molar-refractivity contribution < 1.29 is 9.00 Å². The lowest BCUT2D eigenvalue weighted by Gasteiger charge is -2.36. The predicted octanol–water partition coefficient (Wildman–Crippen LogP) is 1.43. The first-order valence-electron chi connectivity index (χ1n) is 7.33. The number of amides is 1. The summed E-state index contributed by atoms with van der Waals surface area (Å²) in [7, 11) is -0.805. The molecule has 2 N–H and O–H groups in total. The predicted molar refractivity (Wildman–Crippen MR) is 80.6 cm³/mol. The zero-order valence-corrected chi connectivity index (χ0v) is 13.3. The van der Waals surface area contributed by atoms with Gasteiger partial charge in [-0.2, -0.15) is 0 Å². The van der Waals surface area contributed by atoms with Crippen LogP contribution in [0, 0.1) is 5.41 Å². The van der Waals surface area contributed by atoms with E-state index in [0.717, 1.165) is 45.2 Å². The first-order chi connectivity index (χ1) is 9.02. The molecular formula is C14H28N2O2S. The fourth-order valence-corrected chi connectivity index (χ4v) is 3.17. The molecule has 4 nitrogen and oxygen atoms in total. The highest BCUT2D eigenvalue weighted by atomic mass is 32.2. The molecule has 0 radical (unpaired) electrons. The smallest absolute Gasteiger partial charge is 0.226 e. The molecule has 0 bridgehead atoms. The van der Waals surface area contributed by atoms with Gasteiger partial charge < -0.3 is 10.6 Å². The van der Waals surface area contributed by atoms with Crippen molar-refractivity contribution >= 4 is 16.7 Å². The zero-order chi connectivity index (χ0) is 14.3. The molecule has 1 heterocycles. The van der Waals surface area contributed by atoms with Crippen molar-refractivity contribution in [1.82, 2.24) is 10.6 Å². The molecule has 1 amide bonds. The monoisotopic (exact) mass is 288 g/mol. The number of rotatable bonds is 7. The minimum Gasteiger partial charge on any atom is -0.356 e. The van der Waals surface area contributed by atoms with Gasteiger partial charge in [0.05, 0.1) is 5.41 Å². The third-order valence-electron chi connectivity index (χ3n) is 4.17. The minimum atomic E-state index is -0.805. The van der Waals surface area contributed by atoms with Crippen molar-refractivity contribution in [2.75, 3.05) is 25.9 Å². The Balaban J connectivity index is 2.46. The number of piperidine rings is 1. The Bertz CT molecular complexity index is 309. The van der Waals surface area contributed by atoms with Gasteiger partial charge in [0.1, 0.15) is 0 Å². The summed E-state index contributed by atoms with van der Waals surface area (Å²) in [4.78, 5) is 12.4. The molecule has 2 unspecified atom stereocenters. The van der Waals surface area contributed by atoms with E-state index in [9.17, 15) is 9.00 Å². The van der Waals surface area contributed by atoms with Crippen LogP contribution in [0.2, 0.25) is 0 Å². The van der Waals surface area contributed by atoms with Crippen molar-refractivity contribution in [2.24, 2.45) is 5.41 Å². The van der Waals surface area contributed by atoms with Gasteiger partial charge >= 0.3 is 0 Å². The normalized spacial score (nSPS) is 21.6. The Morgan fingerprint density at radius 1 is 1.42 bits per heavy atom. The van der Waals surface area contributed by atoms with Crippen molar-refractivity contribution in [3.63, 3.8) is 0 Å². The molecule has 0 aromatic heterocycles. The Morgan fingerprint density at radius 3 is 2.58 bits per heavy atom. The molecule has 1 rings (SSSR count). The van der Waals surface area contributed by atoms with Crippen LogP contribution >= 0.6 is 0 Å². The fourth-order valence-electron chi connectivity index (χ4n) is 2.72. The van der Waals surface area contributed by atoms with Crippen LogP contribution in [0.3, 0.4) is 0 Å². The van der Waals surface area contributed by atoms with E-state index in [2.05, 4.69) is 17.6 Å². The summed E-state index contributed by atoms with van der Waals surface area (Å²) in [6, 6.07) is 0. The van der Waals surface area contributed by atoms with E-state index in [0.29, 0.717) is 6.54 Å². The molecule has 0 saturated carbocycles. The molecule has 1 fully saturated rings. The van der Waals surface area contributed by atoms with Crippen molar-refractivity contribution in [2.45, 2.75) is 51.2 Å². The largest absolute Gasteiger partial charge is 0.356 e. The van der Waals surface area contributed by atoms with Crippen LogP contribution in [0.5, 0.6) is 0 Å².